The van der Waals surface area contributed by atoms with Crippen LogP contribution in [0.15, 0.2) is 18.2 Å². The number of ether oxygens (including phenoxy) is 1. The van der Waals surface area contributed by atoms with Crippen molar-refractivity contribution >= 4 is 11.8 Å². The lowest BCUT2D eigenvalue weighted by molar-refractivity contribution is 0.0693. The van der Waals surface area contributed by atoms with Gasteiger partial charge in [0.2, 0.25) is 0 Å². The number of carbonyl (C=O) groups excluding carboxylic acids is 1. The van der Waals surface area contributed by atoms with Crippen molar-refractivity contribution in [3.05, 3.63) is 29.3 Å². The zero-order valence-electron chi connectivity index (χ0n) is 8.06. The quantitative estimate of drug-likeness (QED) is 0.722. The summed E-state index contributed by atoms with van der Waals surface area (Å²) in [6, 6.07) is 3.97. The molecule has 0 radical (unpaired) electrons. The maximum Gasteiger partial charge on any atom is 0.339 e. The second-order valence-corrected chi connectivity index (χ2v) is 2.86. The fraction of sp³-hybridized carbons (Fsp3) is 0.200. The number of aromatic carboxylic acids is 1. The van der Waals surface area contributed by atoms with Crippen molar-refractivity contribution in [2.75, 3.05) is 13.7 Å². The van der Waals surface area contributed by atoms with E-state index in [0.29, 0.717) is 0 Å². The average Bonchev–Trinajstić information content (AvgIpc) is 2.17. The maximum absolute atomic E-state index is 11.4. The first-order valence-electron chi connectivity index (χ1n) is 4.15. The smallest absolute Gasteiger partial charge is 0.339 e. The number of carboxylic acids is 1. The number of methoxy groups -OCH3 is 1. The van der Waals surface area contributed by atoms with Gasteiger partial charge in [-0.2, -0.15) is 0 Å². The minimum atomic E-state index is -1.28. The first-order chi connectivity index (χ1) is 7.07. The molecular formula is C10H10O5. The van der Waals surface area contributed by atoms with Crippen LogP contribution in [-0.4, -0.2) is 35.7 Å². The lowest BCUT2D eigenvalue weighted by atomic mass is 10.1. The molecule has 0 atom stereocenters. The average molecular weight is 210 g/mol. The minimum Gasteiger partial charge on any atom is -0.506 e. The molecule has 1 rings (SSSR count). The summed E-state index contributed by atoms with van der Waals surface area (Å²) < 4.78 is 4.61. The summed E-state index contributed by atoms with van der Waals surface area (Å²) in [6.45, 7) is -0.198. The predicted octanol–water partition coefficient (Wildman–Crippen LogP) is 0.919. The third-order valence-electron chi connectivity index (χ3n) is 1.84. The van der Waals surface area contributed by atoms with E-state index in [9.17, 15) is 14.7 Å². The first kappa shape index (κ1) is 11.2. The van der Waals surface area contributed by atoms with Gasteiger partial charge in [-0.25, -0.2) is 4.79 Å². The van der Waals surface area contributed by atoms with Crippen molar-refractivity contribution in [3.63, 3.8) is 0 Å². The molecule has 0 bridgehead atoms. The topological polar surface area (TPSA) is 83.8 Å². The molecule has 80 valence electrons. The summed E-state index contributed by atoms with van der Waals surface area (Å²) in [5, 5.41) is 18.2. The third kappa shape index (κ3) is 2.32. The van der Waals surface area contributed by atoms with Gasteiger partial charge in [0.15, 0.2) is 5.78 Å². The summed E-state index contributed by atoms with van der Waals surface area (Å²) in [5.41, 5.74) is -0.339. The molecule has 1 aromatic rings. The number of para-hydroxylation sites is 1. The van der Waals surface area contributed by atoms with Crippen LogP contribution in [0.2, 0.25) is 0 Å². The highest BCUT2D eigenvalue weighted by atomic mass is 16.5. The fourth-order valence-corrected chi connectivity index (χ4v) is 1.15. The van der Waals surface area contributed by atoms with Gasteiger partial charge >= 0.3 is 5.97 Å². The van der Waals surface area contributed by atoms with Gasteiger partial charge in [-0.15, -0.1) is 0 Å². The Morgan fingerprint density at radius 1 is 1.33 bits per heavy atom. The molecule has 0 aromatic heterocycles. The summed E-state index contributed by atoms with van der Waals surface area (Å²) in [6.07, 6.45) is 0. The Bertz CT molecular complexity index is 397. The normalized spacial score (nSPS) is 9.93. The highest BCUT2D eigenvalue weighted by Crippen LogP contribution is 2.22. The Morgan fingerprint density at radius 3 is 2.47 bits per heavy atom. The number of Topliss-reactive ketones (excluding diaryl/α,β-unsaturated/α-hetero) is 1. The molecule has 0 fully saturated rings. The molecule has 1 aromatic carbocycles. The molecule has 0 spiro atoms. The second-order valence-electron chi connectivity index (χ2n) is 2.86. The van der Waals surface area contributed by atoms with Crippen molar-refractivity contribution in [2.24, 2.45) is 0 Å². The van der Waals surface area contributed by atoms with Gasteiger partial charge in [-0.1, -0.05) is 6.07 Å². The van der Waals surface area contributed by atoms with Crippen LogP contribution in [0.5, 0.6) is 5.75 Å². The van der Waals surface area contributed by atoms with E-state index in [2.05, 4.69) is 4.74 Å². The van der Waals surface area contributed by atoms with Crippen LogP contribution in [0.4, 0.5) is 0 Å². The van der Waals surface area contributed by atoms with Crippen molar-refractivity contribution in [3.8, 4) is 5.75 Å². The van der Waals surface area contributed by atoms with Crippen LogP contribution in [0.3, 0.4) is 0 Å². The molecule has 15 heavy (non-hydrogen) atoms. The standard InChI is InChI=1S/C10H10O5/c1-15-5-8(11)6-3-2-4-7(9(6)12)10(13)14/h2-4,12H,5H2,1H3,(H,13,14). The van der Waals surface area contributed by atoms with Crippen LogP contribution >= 0.6 is 0 Å². The van der Waals surface area contributed by atoms with Crippen molar-refractivity contribution < 1.29 is 24.5 Å². The van der Waals surface area contributed by atoms with E-state index in [1.807, 2.05) is 0 Å². The van der Waals surface area contributed by atoms with E-state index in [-0.39, 0.29) is 17.7 Å². The number of benzene rings is 1. The lowest BCUT2D eigenvalue weighted by Gasteiger charge is -2.05. The third-order valence-corrected chi connectivity index (χ3v) is 1.84. The molecule has 0 saturated carbocycles. The van der Waals surface area contributed by atoms with Crippen LogP contribution in [0.1, 0.15) is 20.7 Å². The molecule has 0 aliphatic rings. The minimum absolute atomic E-state index is 0.0447. The molecule has 0 unspecified atom stereocenters. The van der Waals surface area contributed by atoms with Crippen LogP contribution in [0.25, 0.3) is 0 Å². The zero-order chi connectivity index (χ0) is 11.4. The Hall–Kier alpha value is -1.88. The number of hydrogen-bond donors (Lipinski definition) is 2. The van der Waals surface area contributed by atoms with Crippen molar-refractivity contribution in [1.82, 2.24) is 0 Å². The van der Waals surface area contributed by atoms with E-state index in [1.54, 1.807) is 0 Å². The highest BCUT2D eigenvalue weighted by Gasteiger charge is 2.17. The van der Waals surface area contributed by atoms with E-state index in [0.717, 1.165) is 0 Å². The lowest BCUT2D eigenvalue weighted by Crippen LogP contribution is -2.09. The molecule has 0 amide bonds. The van der Waals surface area contributed by atoms with E-state index >= 15 is 0 Å². The summed E-state index contributed by atoms with van der Waals surface area (Å²) in [4.78, 5) is 22.0. The van der Waals surface area contributed by atoms with Gasteiger partial charge in [0.25, 0.3) is 0 Å². The van der Waals surface area contributed by atoms with Crippen LogP contribution < -0.4 is 0 Å². The van der Waals surface area contributed by atoms with Gasteiger partial charge < -0.3 is 14.9 Å². The predicted molar refractivity (Wildman–Crippen MR) is 51.3 cm³/mol. The van der Waals surface area contributed by atoms with Crippen molar-refractivity contribution in [2.45, 2.75) is 0 Å². The molecule has 0 heterocycles. The largest absolute Gasteiger partial charge is 0.506 e. The summed E-state index contributed by atoms with van der Waals surface area (Å²) >= 11 is 0. The Labute approximate surface area is 85.9 Å². The Kier molecular flexibility index (Phi) is 3.41. The number of phenols is 1. The summed E-state index contributed by atoms with van der Waals surface area (Å²) in [7, 11) is 1.34. The fourth-order valence-electron chi connectivity index (χ4n) is 1.15. The van der Waals surface area contributed by atoms with Gasteiger partial charge in [-0.05, 0) is 12.1 Å². The Morgan fingerprint density at radius 2 is 1.93 bits per heavy atom. The molecule has 5 heteroatoms. The molecule has 5 nitrogen and oxygen atoms in total. The molecule has 0 aliphatic heterocycles. The van der Waals surface area contributed by atoms with E-state index in [4.69, 9.17) is 5.11 Å². The summed E-state index contributed by atoms with van der Waals surface area (Å²) in [5.74, 6) is -2.26. The number of rotatable bonds is 4. The zero-order valence-corrected chi connectivity index (χ0v) is 8.06. The second kappa shape index (κ2) is 4.56. The first-order valence-corrected chi connectivity index (χ1v) is 4.15. The van der Waals surface area contributed by atoms with Gasteiger partial charge in [-0.3, -0.25) is 4.79 Å². The molecule has 0 saturated heterocycles. The molecular weight excluding hydrogens is 200 g/mol. The number of carboxylic acid groups (broad SMARTS) is 1. The van der Waals surface area contributed by atoms with Gasteiger partial charge in [0.1, 0.15) is 17.9 Å². The molecule has 0 aliphatic carbocycles. The molecule has 2 N–H and O–H groups in total. The van der Waals surface area contributed by atoms with Crippen LogP contribution in [0, 0.1) is 0 Å². The highest BCUT2D eigenvalue weighted by molar-refractivity contribution is 6.03. The number of ketones is 1. The van der Waals surface area contributed by atoms with Gasteiger partial charge in [0.05, 0.1) is 5.56 Å². The van der Waals surface area contributed by atoms with Crippen LogP contribution in [-0.2, 0) is 4.74 Å². The number of carbonyl (C=O) groups is 2. The van der Waals surface area contributed by atoms with E-state index < -0.39 is 17.5 Å². The number of hydrogen-bond acceptors (Lipinski definition) is 4. The van der Waals surface area contributed by atoms with Gasteiger partial charge in [0, 0.05) is 7.11 Å². The SMILES string of the molecule is COCC(=O)c1cccc(C(=O)O)c1O. The monoisotopic (exact) mass is 210 g/mol. The van der Waals surface area contributed by atoms with E-state index in [1.165, 1.54) is 25.3 Å². The number of aromatic hydroxyl groups is 1. The van der Waals surface area contributed by atoms with Crippen molar-refractivity contribution in [1.29, 1.82) is 0 Å². The Balaban J connectivity index is 3.15. The maximum atomic E-state index is 11.4.